The molecule has 0 saturated heterocycles. The number of amides is 1. The van der Waals surface area contributed by atoms with Crippen LogP contribution >= 0.6 is 11.6 Å². The first kappa shape index (κ1) is 18.7. The molecular formula is C22H15ClN2O4. The predicted octanol–water partition coefficient (Wildman–Crippen LogP) is 4.12. The lowest BCUT2D eigenvalue weighted by molar-refractivity contribution is -0.116. The molecule has 29 heavy (non-hydrogen) atoms. The minimum absolute atomic E-state index is 0.253. The number of oxazole rings is 1. The summed E-state index contributed by atoms with van der Waals surface area (Å²) in [5, 5.41) is 3.07. The molecular weight excluding hydrogens is 392 g/mol. The molecule has 0 aliphatic heterocycles. The summed E-state index contributed by atoms with van der Waals surface area (Å²) in [6.07, 6.45) is 0. The maximum Gasteiger partial charge on any atom is 0.420 e. The van der Waals surface area contributed by atoms with Crippen LogP contribution in [0.1, 0.15) is 15.9 Å². The van der Waals surface area contributed by atoms with Crippen molar-refractivity contribution in [2.24, 2.45) is 0 Å². The topological polar surface area (TPSA) is 81.3 Å². The molecule has 3 aromatic carbocycles. The lowest BCUT2D eigenvalue weighted by Crippen LogP contribution is -2.25. The van der Waals surface area contributed by atoms with Gasteiger partial charge in [-0.15, -0.1) is 0 Å². The quantitative estimate of drug-likeness (QED) is 0.505. The summed E-state index contributed by atoms with van der Waals surface area (Å²) < 4.78 is 6.38. The molecule has 0 saturated carbocycles. The van der Waals surface area contributed by atoms with E-state index in [2.05, 4.69) is 5.32 Å². The Labute approximate surface area is 170 Å². The fraction of sp³-hybridized carbons (Fsp3) is 0.0455. The Bertz CT molecular complexity index is 1270. The van der Waals surface area contributed by atoms with Crippen molar-refractivity contribution in [2.45, 2.75) is 6.54 Å². The first-order chi connectivity index (χ1) is 14.0. The molecule has 0 aliphatic rings. The van der Waals surface area contributed by atoms with E-state index in [1.165, 1.54) is 10.6 Å². The van der Waals surface area contributed by atoms with E-state index in [9.17, 15) is 14.4 Å². The molecule has 1 amide bonds. The van der Waals surface area contributed by atoms with E-state index in [-0.39, 0.29) is 17.9 Å². The standard InChI is InChI=1S/C22H15ClN2O4/c23-15-10-11-17(16(12-15)21(27)14-6-2-1-3-7-14)24-20(26)13-25-18-8-4-5-9-19(18)29-22(25)28/h1-12H,13H2,(H,24,26). The van der Waals surface area contributed by atoms with Crippen molar-refractivity contribution < 1.29 is 14.0 Å². The zero-order chi connectivity index (χ0) is 20.4. The lowest BCUT2D eigenvalue weighted by Gasteiger charge is -2.11. The molecule has 1 heterocycles. The summed E-state index contributed by atoms with van der Waals surface area (Å²) in [5.41, 5.74) is 1.97. The Morgan fingerprint density at radius 2 is 1.69 bits per heavy atom. The number of halogens is 1. The molecule has 6 nitrogen and oxygen atoms in total. The monoisotopic (exact) mass is 406 g/mol. The number of ketones is 1. The number of benzene rings is 3. The van der Waals surface area contributed by atoms with Crippen LogP contribution in [0.15, 0.2) is 82.0 Å². The van der Waals surface area contributed by atoms with Crippen LogP contribution in [-0.2, 0) is 11.3 Å². The van der Waals surface area contributed by atoms with Gasteiger partial charge in [0.25, 0.3) is 0 Å². The average Bonchev–Trinajstić information content (AvgIpc) is 3.04. The zero-order valence-corrected chi connectivity index (χ0v) is 15.8. The van der Waals surface area contributed by atoms with E-state index in [1.807, 2.05) is 6.07 Å². The second-order valence-electron chi connectivity index (χ2n) is 6.36. The fourth-order valence-corrected chi connectivity index (χ4v) is 3.23. The van der Waals surface area contributed by atoms with Crippen LogP contribution in [0.2, 0.25) is 5.02 Å². The van der Waals surface area contributed by atoms with Gasteiger partial charge in [-0.2, -0.15) is 0 Å². The summed E-state index contributed by atoms with van der Waals surface area (Å²) in [5.74, 6) is -1.37. The first-order valence-corrected chi connectivity index (χ1v) is 9.18. The molecule has 0 atom stereocenters. The second kappa shape index (κ2) is 7.77. The summed E-state index contributed by atoms with van der Waals surface area (Å²) in [7, 11) is 0. The number of fused-ring (bicyclic) bond motifs is 1. The van der Waals surface area contributed by atoms with Crippen LogP contribution in [0.4, 0.5) is 5.69 Å². The maximum absolute atomic E-state index is 12.9. The van der Waals surface area contributed by atoms with Crippen LogP contribution < -0.4 is 11.1 Å². The third-order valence-electron chi connectivity index (χ3n) is 4.41. The molecule has 4 rings (SSSR count). The van der Waals surface area contributed by atoms with E-state index < -0.39 is 11.7 Å². The summed E-state index contributed by atoms with van der Waals surface area (Å²) in [6.45, 7) is -0.253. The number of hydrogen-bond donors (Lipinski definition) is 1. The molecule has 4 aromatic rings. The predicted molar refractivity (Wildman–Crippen MR) is 110 cm³/mol. The van der Waals surface area contributed by atoms with E-state index >= 15 is 0 Å². The highest BCUT2D eigenvalue weighted by molar-refractivity contribution is 6.31. The number of carbonyl (C=O) groups is 2. The van der Waals surface area contributed by atoms with Crippen LogP contribution in [0, 0.1) is 0 Å². The van der Waals surface area contributed by atoms with Crippen molar-refractivity contribution in [3.8, 4) is 0 Å². The minimum atomic E-state index is -0.627. The smallest absolute Gasteiger partial charge is 0.408 e. The van der Waals surface area contributed by atoms with Crippen LogP contribution in [0.3, 0.4) is 0 Å². The Kier molecular flexibility index (Phi) is 5.01. The zero-order valence-electron chi connectivity index (χ0n) is 15.1. The normalized spacial score (nSPS) is 10.8. The summed E-state index contributed by atoms with van der Waals surface area (Å²) >= 11 is 6.06. The average molecular weight is 407 g/mol. The first-order valence-electron chi connectivity index (χ1n) is 8.80. The Morgan fingerprint density at radius 3 is 2.48 bits per heavy atom. The molecule has 1 aromatic heterocycles. The van der Waals surface area contributed by atoms with Gasteiger partial charge in [-0.3, -0.25) is 14.2 Å². The summed E-state index contributed by atoms with van der Waals surface area (Å²) in [6, 6.07) is 20.2. The minimum Gasteiger partial charge on any atom is -0.408 e. The highest BCUT2D eigenvalue weighted by Crippen LogP contribution is 2.24. The molecule has 7 heteroatoms. The number of nitrogens with zero attached hydrogens (tertiary/aromatic N) is 1. The van der Waals surface area contributed by atoms with Crippen molar-refractivity contribution in [2.75, 3.05) is 5.32 Å². The van der Waals surface area contributed by atoms with Gasteiger partial charge < -0.3 is 9.73 Å². The highest BCUT2D eigenvalue weighted by Gasteiger charge is 2.18. The number of anilines is 1. The van der Waals surface area contributed by atoms with Crippen molar-refractivity contribution in [3.63, 3.8) is 0 Å². The molecule has 0 radical (unpaired) electrons. The number of aromatic nitrogens is 1. The molecule has 0 fully saturated rings. The van der Waals surface area contributed by atoms with Crippen LogP contribution in [-0.4, -0.2) is 16.3 Å². The fourth-order valence-electron chi connectivity index (χ4n) is 3.06. The molecule has 1 N–H and O–H groups in total. The van der Waals surface area contributed by atoms with Crippen molar-refractivity contribution >= 4 is 40.1 Å². The number of hydrogen-bond acceptors (Lipinski definition) is 4. The molecule has 0 unspecified atom stereocenters. The Hall–Kier alpha value is -3.64. The van der Waals surface area contributed by atoms with Gasteiger partial charge in [-0.25, -0.2) is 4.79 Å². The Morgan fingerprint density at radius 1 is 0.966 bits per heavy atom. The number of rotatable bonds is 5. The third kappa shape index (κ3) is 3.83. The van der Waals surface area contributed by atoms with E-state index in [4.69, 9.17) is 16.0 Å². The van der Waals surface area contributed by atoms with Gasteiger partial charge in [-0.1, -0.05) is 54.1 Å². The third-order valence-corrected chi connectivity index (χ3v) is 4.65. The van der Waals surface area contributed by atoms with Gasteiger partial charge >= 0.3 is 5.76 Å². The number of nitrogens with one attached hydrogen (secondary N) is 1. The Balaban J connectivity index is 1.62. The van der Waals surface area contributed by atoms with Crippen LogP contribution in [0.5, 0.6) is 0 Å². The van der Waals surface area contributed by atoms with Gasteiger partial charge in [0.15, 0.2) is 11.4 Å². The van der Waals surface area contributed by atoms with Gasteiger partial charge in [0.05, 0.1) is 11.2 Å². The number of carbonyl (C=O) groups excluding carboxylic acids is 2. The van der Waals surface area contributed by atoms with Gasteiger partial charge in [0, 0.05) is 16.1 Å². The van der Waals surface area contributed by atoms with Gasteiger partial charge in [0.2, 0.25) is 5.91 Å². The number of para-hydroxylation sites is 2. The van der Waals surface area contributed by atoms with E-state index in [0.717, 1.165) is 0 Å². The SMILES string of the molecule is O=C(Cn1c(=O)oc2ccccc21)Nc1ccc(Cl)cc1C(=O)c1ccccc1. The lowest BCUT2D eigenvalue weighted by atomic mass is 10.0. The summed E-state index contributed by atoms with van der Waals surface area (Å²) in [4.78, 5) is 37.6. The molecule has 144 valence electrons. The van der Waals surface area contributed by atoms with E-state index in [0.29, 0.717) is 27.4 Å². The van der Waals surface area contributed by atoms with Crippen molar-refractivity contribution in [3.05, 3.63) is 99.5 Å². The largest absolute Gasteiger partial charge is 0.420 e. The van der Waals surface area contributed by atoms with Crippen LogP contribution in [0.25, 0.3) is 11.1 Å². The van der Waals surface area contributed by atoms with Gasteiger partial charge in [-0.05, 0) is 30.3 Å². The van der Waals surface area contributed by atoms with Crippen molar-refractivity contribution in [1.29, 1.82) is 0 Å². The second-order valence-corrected chi connectivity index (χ2v) is 6.79. The molecule has 0 spiro atoms. The highest BCUT2D eigenvalue weighted by atomic mass is 35.5. The molecule has 0 aliphatic carbocycles. The van der Waals surface area contributed by atoms with E-state index in [1.54, 1.807) is 60.7 Å². The molecule has 0 bridgehead atoms. The van der Waals surface area contributed by atoms with Gasteiger partial charge in [0.1, 0.15) is 6.54 Å². The van der Waals surface area contributed by atoms with Crippen molar-refractivity contribution in [1.82, 2.24) is 4.57 Å². The maximum atomic E-state index is 12.9.